The van der Waals surface area contributed by atoms with Crippen LogP contribution in [-0.2, 0) is 10.5 Å². The molecule has 106 valence electrons. The van der Waals surface area contributed by atoms with Crippen LogP contribution in [-0.4, -0.2) is 29.1 Å². The molecule has 2 heterocycles. The molecule has 1 fully saturated rings. The van der Waals surface area contributed by atoms with Crippen molar-refractivity contribution < 1.29 is 4.79 Å². The van der Waals surface area contributed by atoms with E-state index in [0.717, 1.165) is 36.0 Å². The molecule has 0 spiro atoms. The van der Waals surface area contributed by atoms with Crippen molar-refractivity contribution in [2.24, 2.45) is 0 Å². The first-order chi connectivity index (χ1) is 9.16. The first-order valence-electron chi connectivity index (χ1n) is 6.81. The summed E-state index contributed by atoms with van der Waals surface area (Å²) >= 11 is 9.22. The van der Waals surface area contributed by atoms with Crippen molar-refractivity contribution in [3.05, 3.63) is 21.3 Å². The van der Waals surface area contributed by atoms with Crippen LogP contribution >= 0.6 is 34.7 Å². The highest BCUT2D eigenvalue weighted by Gasteiger charge is 2.21. The predicted molar refractivity (Wildman–Crippen MR) is 85.1 cm³/mol. The van der Waals surface area contributed by atoms with E-state index < -0.39 is 0 Å². The van der Waals surface area contributed by atoms with Crippen LogP contribution in [0.15, 0.2) is 12.1 Å². The van der Waals surface area contributed by atoms with Gasteiger partial charge in [-0.25, -0.2) is 0 Å². The van der Waals surface area contributed by atoms with Crippen LogP contribution < -0.4 is 0 Å². The summed E-state index contributed by atoms with van der Waals surface area (Å²) in [4.78, 5) is 15.6. The summed E-state index contributed by atoms with van der Waals surface area (Å²) in [5.74, 6) is 1.17. The number of nitrogens with zero attached hydrogens (tertiary/aromatic N) is 1. The van der Waals surface area contributed by atoms with Crippen LogP contribution in [0.25, 0.3) is 0 Å². The van der Waals surface area contributed by atoms with Crippen molar-refractivity contribution in [2.45, 2.75) is 43.6 Å². The molecule has 0 bridgehead atoms. The second-order valence-electron chi connectivity index (χ2n) is 4.90. The highest BCUT2D eigenvalue weighted by atomic mass is 35.5. The van der Waals surface area contributed by atoms with Crippen LogP contribution in [0.5, 0.6) is 0 Å². The summed E-state index contributed by atoms with van der Waals surface area (Å²) < 4.78 is 0.821. The van der Waals surface area contributed by atoms with E-state index in [2.05, 4.69) is 0 Å². The minimum atomic E-state index is 0.0407. The van der Waals surface area contributed by atoms with E-state index in [9.17, 15) is 4.79 Å². The third-order valence-electron chi connectivity index (χ3n) is 3.37. The molecule has 1 unspecified atom stereocenters. The topological polar surface area (TPSA) is 20.3 Å². The molecule has 2 rings (SSSR count). The number of likely N-dealkylation sites (tertiary alicyclic amines) is 1. The number of carbonyl (C=O) groups is 1. The highest BCUT2D eigenvalue weighted by molar-refractivity contribution is 7.99. The second-order valence-corrected chi connectivity index (χ2v) is 8.03. The molecule has 0 aliphatic carbocycles. The Labute approximate surface area is 128 Å². The average Bonchev–Trinajstić information content (AvgIpc) is 2.67. The molecule has 1 atom stereocenters. The number of hydrogen-bond acceptors (Lipinski definition) is 3. The van der Waals surface area contributed by atoms with Gasteiger partial charge in [0.25, 0.3) is 0 Å². The molecule has 0 saturated carbocycles. The minimum Gasteiger partial charge on any atom is -0.342 e. The van der Waals surface area contributed by atoms with Crippen LogP contribution in [0.3, 0.4) is 0 Å². The maximum atomic E-state index is 12.4. The predicted octanol–water partition coefficient (Wildman–Crippen LogP) is 4.43. The molecule has 1 aromatic heterocycles. The normalized spacial score (nSPS) is 18.1. The van der Waals surface area contributed by atoms with Gasteiger partial charge in [-0.2, -0.15) is 0 Å². The fraction of sp³-hybridized carbons (Fsp3) is 0.643. The number of rotatable bonds is 4. The van der Waals surface area contributed by atoms with Gasteiger partial charge in [0.2, 0.25) is 5.91 Å². The van der Waals surface area contributed by atoms with E-state index in [1.165, 1.54) is 17.7 Å². The van der Waals surface area contributed by atoms with E-state index in [-0.39, 0.29) is 5.25 Å². The molecule has 0 aromatic carbocycles. The molecule has 5 heteroatoms. The zero-order valence-corrected chi connectivity index (χ0v) is 13.6. The van der Waals surface area contributed by atoms with E-state index in [0.29, 0.717) is 5.91 Å². The van der Waals surface area contributed by atoms with Gasteiger partial charge in [0.15, 0.2) is 0 Å². The van der Waals surface area contributed by atoms with Gasteiger partial charge in [0.1, 0.15) is 0 Å². The van der Waals surface area contributed by atoms with Gasteiger partial charge >= 0.3 is 0 Å². The second kappa shape index (κ2) is 7.55. The first-order valence-corrected chi connectivity index (χ1v) is 9.06. The Morgan fingerprint density at radius 3 is 2.63 bits per heavy atom. The monoisotopic (exact) mass is 317 g/mol. The number of thioether (sulfide) groups is 1. The Morgan fingerprint density at radius 2 is 2.05 bits per heavy atom. The molecule has 1 aliphatic rings. The number of amides is 1. The van der Waals surface area contributed by atoms with Crippen molar-refractivity contribution in [1.29, 1.82) is 0 Å². The van der Waals surface area contributed by atoms with Gasteiger partial charge in [-0.1, -0.05) is 24.4 Å². The maximum absolute atomic E-state index is 12.4. The molecule has 0 radical (unpaired) electrons. The molecule has 1 saturated heterocycles. The SMILES string of the molecule is CC(SCc1ccc(Cl)s1)C(=O)N1CCCCCC1. The molecular weight excluding hydrogens is 298 g/mol. The van der Waals surface area contributed by atoms with Gasteiger partial charge in [0.05, 0.1) is 9.59 Å². The smallest absolute Gasteiger partial charge is 0.235 e. The Bertz CT molecular complexity index is 413. The zero-order valence-electron chi connectivity index (χ0n) is 11.2. The van der Waals surface area contributed by atoms with Crippen LogP contribution in [0.1, 0.15) is 37.5 Å². The lowest BCUT2D eigenvalue weighted by molar-refractivity contribution is -0.130. The summed E-state index contributed by atoms with van der Waals surface area (Å²) in [6.07, 6.45) is 4.84. The summed E-state index contributed by atoms with van der Waals surface area (Å²) in [5.41, 5.74) is 0. The quantitative estimate of drug-likeness (QED) is 0.819. The average molecular weight is 318 g/mol. The molecule has 1 amide bonds. The largest absolute Gasteiger partial charge is 0.342 e. The molecular formula is C14H20ClNOS2. The number of carbonyl (C=O) groups excluding carboxylic acids is 1. The molecule has 19 heavy (non-hydrogen) atoms. The van der Waals surface area contributed by atoms with E-state index >= 15 is 0 Å². The Morgan fingerprint density at radius 1 is 1.37 bits per heavy atom. The van der Waals surface area contributed by atoms with Crippen molar-refractivity contribution in [3.8, 4) is 0 Å². The van der Waals surface area contributed by atoms with Crippen molar-refractivity contribution in [2.75, 3.05) is 13.1 Å². The third kappa shape index (κ3) is 4.69. The first kappa shape index (κ1) is 15.2. The van der Waals surface area contributed by atoms with Crippen LogP contribution in [0.2, 0.25) is 4.34 Å². The lowest BCUT2D eigenvalue weighted by Crippen LogP contribution is -2.37. The van der Waals surface area contributed by atoms with Gasteiger partial charge < -0.3 is 4.90 Å². The summed E-state index contributed by atoms with van der Waals surface area (Å²) in [5, 5.41) is 0.0407. The summed E-state index contributed by atoms with van der Waals surface area (Å²) in [7, 11) is 0. The minimum absolute atomic E-state index is 0.0407. The van der Waals surface area contributed by atoms with Crippen LogP contribution in [0.4, 0.5) is 0 Å². The van der Waals surface area contributed by atoms with Gasteiger partial charge in [-0.3, -0.25) is 4.79 Å². The Balaban J connectivity index is 1.81. The number of hydrogen-bond donors (Lipinski definition) is 0. The Kier molecular flexibility index (Phi) is 6.05. The highest BCUT2D eigenvalue weighted by Crippen LogP contribution is 2.27. The van der Waals surface area contributed by atoms with E-state index in [1.54, 1.807) is 23.1 Å². The van der Waals surface area contributed by atoms with Crippen molar-refractivity contribution in [3.63, 3.8) is 0 Å². The van der Waals surface area contributed by atoms with Gasteiger partial charge in [-0.05, 0) is 31.9 Å². The summed E-state index contributed by atoms with van der Waals surface area (Å²) in [6.45, 7) is 3.90. The molecule has 2 nitrogen and oxygen atoms in total. The summed E-state index contributed by atoms with van der Waals surface area (Å²) in [6, 6.07) is 3.96. The Hall–Kier alpha value is -0.190. The lowest BCUT2D eigenvalue weighted by atomic mass is 10.2. The molecule has 1 aliphatic heterocycles. The van der Waals surface area contributed by atoms with Gasteiger partial charge in [0, 0.05) is 23.7 Å². The zero-order chi connectivity index (χ0) is 13.7. The maximum Gasteiger partial charge on any atom is 0.235 e. The third-order valence-corrected chi connectivity index (χ3v) is 5.96. The number of thiophene rings is 1. The molecule has 0 N–H and O–H groups in total. The lowest BCUT2D eigenvalue weighted by Gasteiger charge is -2.23. The fourth-order valence-corrected chi connectivity index (χ4v) is 4.38. The van der Waals surface area contributed by atoms with Crippen molar-refractivity contribution in [1.82, 2.24) is 4.90 Å². The van der Waals surface area contributed by atoms with E-state index in [4.69, 9.17) is 11.6 Å². The van der Waals surface area contributed by atoms with E-state index in [1.807, 2.05) is 24.0 Å². The number of halogens is 1. The molecule has 1 aromatic rings. The van der Waals surface area contributed by atoms with Crippen molar-refractivity contribution >= 4 is 40.6 Å². The van der Waals surface area contributed by atoms with Gasteiger partial charge in [-0.15, -0.1) is 23.1 Å². The fourth-order valence-electron chi connectivity index (χ4n) is 2.26. The standard InChI is InChI=1S/C14H20ClNOS2/c1-11(18-10-12-6-7-13(15)19-12)14(17)16-8-4-2-3-5-9-16/h6-7,11H,2-5,8-10H2,1H3. The van der Waals surface area contributed by atoms with Crippen LogP contribution in [0, 0.1) is 0 Å².